The molecule has 0 aromatic carbocycles. The number of hydrogen-bond donors (Lipinski definition) is 2. The molecule has 4 aliphatic carbocycles. The fourth-order valence-corrected chi connectivity index (χ4v) is 8.56. The molecule has 0 aliphatic heterocycles. The van der Waals surface area contributed by atoms with E-state index in [0.29, 0.717) is 23.7 Å². The maximum Gasteiger partial charge on any atom is 0.407 e. The Kier molecular flexibility index (Phi) is 5.76. The molecule has 5 nitrogen and oxygen atoms in total. The quantitative estimate of drug-likeness (QED) is 0.635. The van der Waals surface area contributed by atoms with Gasteiger partial charge in [-0.3, -0.25) is 4.79 Å². The number of carbonyl (C=O) groups is 2. The molecule has 9 atom stereocenters. The maximum absolute atomic E-state index is 12.8. The summed E-state index contributed by atoms with van der Waals surface area (Å²) in [7, 11) is 0. The summed E-state index contributed by atoms with van der Waals surface area (Å²) in [6.45, 7) is 12.1. The molecule has 0 heterocycles. The van der Waals surface area contributed by atoms with Crippen LogP contribution in [0.4, 0.5) is 4.79 Å². The third-order valence-electron chi connectivity index (χ3n) is 9.97. The highest BCUT2D eigenvalue weighted by atomic mass is 16.6. The fraction of sp³-hybridized carbons (Fsp3) is 0.923. The lowest BCUT2D eigenvalue weighted by molar-refractivity contribution is -0.146. The lowest BCUT2D eigenvalue weighted by Crippen LogP contribution is -2.63. The SMILES string of the molecule is CC(=O)[C@H]1CC[C@H]2[C@@H]3CC[C@H]4C[C@@H](O)CC[C@]4(C)[C@H]3C[C@@H](NC(=O)OC(C)(C)C)[C@]12C. The third kappa shape index (κ3) is 3.83. The molecule has 0 aromatic rings. The number of Topliss-reactive ketones (excluding diaryl/α,β-unsaturated/α-hetero) is 1. The average Bonchev–Trinajstić information content (AvgIpc) is 3.00. The monoisotopic (exact) mass is 433 g/mol. The summed E-state index contributed by atoms with van der Waals surface area (Å²) in [6, 6.07) is -0.0487. The van der Waals surface area contributed by atoms with E-state index in [0.717, 1.165) is 38.5 Å². The van der Waals surface area contributed by atoms with Crippen molar-refractivity contribution in [3.63, 3.8) is 0 Å². The molecule has 2 N–H and O–H groups in total. The fourth-order valence-electron chi connectivity index (χ4n) is 8.56. The van der Waals surface area contributed by atoms with Crippen LogP contribution in [0.25, 0.3) is 0 Å². The number of amides is 1. The van der Waals surface area contributed by atoms with E-state index in [1.165, 1.54) is 12.8 Å². The molecule has 4 saturated carbocycles. The molecule has 176 valence electrons. The van der Waals surface area contributed by atoms with Crippen molar-refractivity contribution in [3.05, 3.63) is 0 Å². The van der Waals surface area contributed by atoms with Crippen molar-refractivity contribution in [2.45, 2.75) is 111 Å². The highest BCUT2D eigenvalue weighted by Crippen LogP contribution is 2.67. The van der Waals surface area contributed by atoms with Crippen LogP contribution in [0, 0.1) is 40.4 Å². The van der Waals surface area contributed by atoms with Crippen LogP contribution < -0.4 is 5.32 Å². The van der Waals surface area contributed by atoms with Crippen molar-refractivity contribution < 1.29 is 19.4 Å². The standard InChI is InChI=1S/C26H43NO4/c1-15(28)19-9-10-20-18-8-7-16-13-17(29)11-12-25(16,5)21(18)14-22(26(19,20)6)27-23(30)31-24(2,3)4/h16-22,29H,7-14H2,1-6H3,(H,27,30)/t16-,17-,18-,19+,20-,21-,22+,25-,26+/m0/s1. The summed E-state index contributed by atoms with van der Waals surface area (Å²) >= 11 is 0. The first-order valence-electron chi connectivity index (χ1n) is 12.5. The summed E-state index contributed by atoms with van der Waals surface area (Å²) in [4.78, 5) is 25.5. The predicted octanol–water partition coefficient (Wildman–Crippen LogP) is 5.10. The minimum Gasteiger partial charge on any atom is -0.444 e. The van der Waals surface area contributed by atoms with Gasteiger partial charge in [0.1, 0.15) is 11.4 Å². The Hall–Kier alpha value is -1.10. The van der Waals surface area contributed by atoms with Gasteiger partial charge in [0.15, 0.2) is 0 Å². The molecule has 0 spiro atoms. The van der Waals surface area contributed by atoms with Gasteiger partial charge in [0.2, 0.25) is 0 Å². The van der Waals surface area contributed by atoms with Crippen molar-refractivity contribution in [1.82, 2.24) is 5.32 Å². The largest absolute Gasteiger partial charge is 0.444 e. The topological polar surface area (TPSA) is 75.6 Å². The number of hydrogen-bond acceptors (Lipinski definition) is 4. The molecule has 0 saturated heterocycles. The number of rotatable bonds is 2. The lowest BCUT2D eigenvalue weighted by atomic mass is 9.43. The van der Waals surface area contributed by atoms with Gasteiger partial charge in [0, 0.05) is 17.4 Å². The predicted molar refractivity (Wildman–Crippen MR) is 120 cm³/mol. The third-order valence-corrected chi connectivity index (χ3v) is 9.97. The first-order chi connectivity index (χ1) is 14.4. The zero-order valence-corrected chi connectivity index (χ0v) is 20.4. The summed E-state index contributed by atoms with van der Waals surface area (Å²) in [5.74, 6) is 2.45. The van der Waals surface area contributed by atoms with Crippen LogP contribution in [0.1, 0.15) is 92.9 Å². The number of ketones is 1. The van der Waals surface area contributed by atoms with Gasteiger partial charge in [-0.15, -0.1) is 0 Å². The van der Waals surface area contributed by atoms with Crippen molar-refractivity contribution in [3.8, 4) is 0 Å². The van der Waals surface area contributed by atoms with Crippen LogP contribution in [0.3, 0.4) is 0 Å². The number of aliphatic hydroxyl groups excluding tert-OH is 1. The van der Waals surface area contributed by atoms with Crippen molar-refractivity contribution in [2.75, 3.05) is 0 Å². The zero-order chi connectivity index (χ0) is 22.8. The van der Waals surface area contributed by atoms with Crippen LogP contribution in [-0.4, -0.2) is 34.7 Å². The molecule has 31 heavy (non-hydrogen) atoms. The second kappa shape index (κ2) is 7.74. The van der Waals surface area contributed by atoms with Crippen molar-refractivity contribution in [1.29, 1.82) is 0 Å². The van der Waals surface area contributed by atoms with Crippen LogP contribution in [0.2, 0.25) is 0 Å². The number of nitrogens with one attached hydrogen (secondary N) is 1. The molecule has 0 aromatic heterocycles. The maximum atomic E-state index is 12.8. The van der Waals surface area contributed by atoms with Gasteiger partial charge in [0.25, 0.3) is 0 Å². The molecule has 4 fully saturated rings. The summed E-state index contributed by atoms with van der Waals surface area (Å²) in [6.07, 6.45) is 7.68. The van der Waals surface area contributed by atoms with Crippen LogP contribution in [0.5, 0.6) is 0 Å². The van der Waals surface area contributed by atoms with Crippen LogP contribution in [0.15, 0.2) is 0 Å². The van der Waals surface area contributed by atoms with Gasteiger partial charge in [-0.05, 0) is 108 Å². The Labute approximate surface area is 188 Å². The number of ether oxygens (including phenoxy) is 1. The minimum absolute atomic E-state index is 0.0112. The Morgan fingerprint density at radius 2 is 1.71 bits per heavy atom. The van der Waals surface area contributed by atoms with E-state index < -0.39 is 5.60 Å². The number of fused-ring (bicyclic) bond motifs is 5. The zero-order valence-electron chi connectivity index (χ0n) is 20.4. The molecule has 4 aliphatic rings. The van der Waals surface area contributed by atoms with Gasteiger partial charge >= 0.3 is 6.09 Å². The molecule has 5 heteroatoms. The smallest absolute Gasteiger partial charge is 0.407 e. The van der Waals surface area contributed by atoms with E-state index in [4.69, 9.17) is 4.74 Å². The summed E-state index contributed by atoms with van der Waals surface area (Å²) < 4.78 is 5.64. The molecule has 0 unspecified atom stereocenters. The highest BCUT2D eigenvalue weighted by Gasteiger charge is 2.64. The molecule has 0 bridgehead atoms. The van der Waals surface area contributed by atoms with Gasteiger partial charge in [-0.2, -0.15) is 0 Å². The molecule has 4 rings (SSSR count). The van der Waals surface area contributed by atoms with Gasteiger partial charge in [-0.1, -0.05) is 13.8 Å². The van der Waals surface area contributed by atoms with Crippen LogP contribution >= 0.6 is 0 Å². The van der Waals surface area contributed by atoms with Gasteiger partial charge < -0.3 is 15.2 Å². The number of aliphatic hydroxyl groups is 1. The van der Waals surface area contributed by atoms with Crippen molar-refractivity contribution >= 4 is 11.9 Å². The number of carbonyl (C=O) groups excluding carboxylic acids is 2. The summed E-state index contributed by atoms with van der Waals surface area (Å²) in [5.41, 5.74) is -0.536. The molecular formula is C26H43NO4. The Bertz CT molecular complexity index is 729. The van der Waals surface area contributed by atoms with E-state index in [9.17, 15) is 14.7 Å². The Morgan fingerprint density at radius 3 is 2.35 bits per heavy atom. The van der Waals surface area contributed by atoms with E-state index in [-0.39, 0.29) is 40.8 Å². The highest BCUT2D eigenvalue weighted by molar-refractivity contribution is 5.80. The average molecular weight is 434 g/mol. The second-order valence-corrected chi connectivity index (χ2v) is 12.6. The normalized spacial score (nSPS) is 47.0. The first kappa shape index (κ1) is 23.1. The van der Waals surface area contributed by atoms with E-state index in [2.05, 4.69) is 19.2 Å². The van der Waals surface area contributed by atoms with E-state index >= 15 is 0 Å². The molecule has 0 radical (unpaired) electrons. The minimum atomic E-state index is -0.543. The Morgan fingerprint density at radius 1 is 1.00 bits per heavy atom. The van der Waals surface area contributed by atoms with Gasteiger partial charge in [-0.25, -0.2) is 4.79 Å². The molecule has 1 amide bonds. The lowest BCUT2D eigenvalue weighted by Gasteiger charge is -2.62. The first-order valence-corrected chi connectivity index (χ1v) is 12.5. The van der Waals surface area contributed by atoms with Crippen molar-refractivity contribution in [2.24, 2.45) is 40.4 Å². The molecular weight excluding hydrogens is 390 g/mol. The summed E-state index contributed by atoms with van der Waals surface area (Å²) in [5, 5.41) is 13.6. The number of alkyl carbamates (subject to hydrolysis) is 1. The van der Waals surface area contributed by atoms with E-state index in [1.54, 1.807) is 6.92 Å². The van der Waals surface area contributed by atoms with Gasteiger partial charge in [0.05, 0.1) is 6.10 Å². The van der Waals surface area contributed by atoms with Crippen LogP contribution in [-0.2, 0) is 9.53 Å². The van der Waals surface area contributed by atoms with E-state index in [1.807, 2.05) is 20.8 Å². The second-order valence-electron chi connectivity index (χ2n) is 12.6. The Balaban J connectivity index is 1.67.